The van der Waals surface area contributed by atoms with E-state index in [0.29, 0.717) is 11.3 Å². The summed E-state index contributed by atoms with van der Waals surface area (Å²) in [7, 11) is -3.71. The molecule has 0 saturated carbocycles. The number of esters is 1. The minimum Gasteiger partial charge on any atom is -0.460 e. The number of sulfone groups is 1. The van der Waals surface area contributed by atoms with Gasteiger partial charge in [-0.05, 0) is 45.0 Å². The average Bonchev–Trinajstić information content (AvgIpc) is 3.01. The van der Waals surface area contributed by atoms with Gasteiger partial charge in [0.05, 0.1) is 16.4 Å². The van der Waals surface area contributed by atoms with E-state index in [0.717, 1.165) is 5.56 Å². The molecule has 0 fully saturated rings. The predicted molar refractivity (Wildman–Crippen MR) is 89.5 cm³/mol. The van der Waals surface area contributed by atoms with Crippen molar-refractivity contribution in [3.63, 3.8) is 0 Å². The van der Waals surface area contributed by atoms with E-state index >= 15 is 0 Å². The normalized spacial score (nSPS) is 15.9. The van der Waals surface area contributed by atoms with Gasteiger partial charge in [-0.15, -0.1) is 0 Å². The Balaban J connectivity index is 1.98. The van der Waals surface area contributed by atoms with Gasteiger partial charge in [0.1, 0.15) is 0 Å². The summed E-state index contributed by atoms with van der Waals surface area (Å²) in [6, 6.07) is 9.56. The molecule has 0 radical (unpaired) electrons. The van der Waals surface area contributed by atoms with Crippen molar-refractivity contribution < 1.29 is 27.4 Å². The topological polar surface area (TPSA) is 78.9 Å². The van der Waals surface area contributed by atoms with Gasteiger partial charge in [-0.1, -0.05) is 17.7 Å². The van der Waals surface area contributed by atoms with Crippen molar-refractivity contribution in [3.05, 3.63) is 47.5 Å². The molecule has 0 saturated heterocycles. The van der Waals surface area contributed by atoms with Crippen molar-refractivity contribution in [2.24, 2.45) is 0 Å². The minimum absolute atomic E-state index is 0.114. The van der Waals surface area contributed by atoms with Crippen LogP contribution < -0.4 is 9.47 Å². The third kappa shape index (κ3) is 3.07. The highest BCUT2D eigenvalue weighted by Gasteiger charge is 2.35. The fourth-order valence-corrected chi connectivity index (χ4v) is 4.07. The smallest absolute Gasteiger partial charge is 0.389 e. The molecular formula is C18H18O6S. The molecule has 0 spiro atoms. The van der Waals surface area contributed by atoms with Gasteiger partial charge in [0.15, 0.2) is 11.5 Å². The average molecular weight is 362 g/mol. The van der Waals surface area contributed by atoms with Crippen LogP contribution in [0, 0.1) is 13.8 Å². The molecule has 0 amide bonds. The van der Waals surface area contributed by atoms with E-state index in [4.69, 9.17) is 14.2 Å². The quantitative estimate of drug-likeness (QED) is 0.778. The maximum atomic E-state index is 12.9. The fourth-order valence-electron chi connectivity index (χ4n) is 2.58. The van der Waals surface area contributed by atoms with E-state index in [1.165, 1.54) is 12.1 Å². The Kier molecular flexibility index (Phi) is 4.43. The number of aryl methyl sites for hydroxylation is 1. The summed E-state index contributed by atoms with van der Waals surface area (Å²) in [4.78, 5) is 12.1. The number of rotatable bonds is 4. The molecular weight excluding hydrogens is 344 g/mol. The number of carbonyl (C=O) groups is 1. The lowest BCUT2D eigenvalue weighted by Gasteiger charge is -2.10. The third-order valence-corrected chi connectivity index (χ3v) is 5.79. The summed E-state index contributed by atoms with van der Waals surface area (Å²) in [5.41, 5.74) is 1.36. The minimum atomic E-state index is -3.71. The van der Waals surface area contributed by atoms with Crippen molar-refractivity contribution in [1.29, 1.82) is 0 Å². The standard InChI is InChI=1S/C18H18O6S/c1-4-22-17(19)18-23-14-9-10-15(12(3)16(14)24-18)25(20,21)13-7-5-11(2)6-8-13/h5-10,18H,4H2,1-3H3. The van der Waals surface area contributed by atoms with Crippen molar-refractivity contribution in [3.8, 4) is 11.5 Å². The molecule has 1 unspecified atom stereocenters. The van der Waals surface area contributed by atoms with Gasteiger partial charge >= 0.3 is 12.3 Å². The number of fused-ring (bicyclic) bond motifs is 1. The van der Waals surface area contributed by atoms with E-state index in [-0.39, 0.29) is 22.1 Å². The van der Waals surface area contributed by atoms with Crippen LogP contribution in [0.1, 0.15) is 18.1 Å². The van der Waals surface area contributed by atoms with Gasteiger partial charge in [0, 0.05) is 5.56 Å². The molecule has 2 aromatic carbocycles. The summed E-state index contributed by atoms with van der Waals surface area (Å²) in [6.07, 6.45) is -1.22. The van der Waals surface area contributed by atoms with Crippen LogP contribution in [0.15, 0.2) is 46.2 Å². The van der Waals surface area contributed by atoms with Crippen LogP contribution in [0.3, 0.4) is 0 Å². The first kappa shape index (κ1) is 17.3. The summed E-state index contributed by atoms with van der Waals surface area (Å²) in [5, 5.41) is 0. The van der Waals surface area contributed by atoms with Gasteiger partial charge in [0.25, 0.3) is 0 Å². The first-order valence-corrected chi connectivity index (χ1v) is 9.28. The molecule has 132 valence electrons. The zero-order chi connectivity index (χ0) is 18.2. The molecule has 0 bridgehead atoms. The van der Waals surface area contributed by atoms with E-state index < -0.39 is 22.1 Å². The van der Waals surface area contributed by atoms with Crippen LogP contribution in [-0.2, 0) is 19.4 Å². The van der Waals surface area contributed by atoms with Crippen molar-refractivity contribution in [1.82, 2.24) is 0 Å². The summed E-state index contributed by atoms with van der Waals surface area (Å²) in [5.74, 6) is -0.0920. The third-order valence-electron chi connectivity index (χ3n) is 3.88. The van der Waals surface area contributed by atoms with Crippen LogP contribution in [0.2, 0.25) is 0 Å². The second-order valence-electron chi connectivity index (χ2n) is 5.65. The summed E-state index contributed by atoms with van der Waals surface area (Å²) >= 11 is 0. The van der Waals surface area contributed by atoms with E-state index in [2.05, 4.69) is 0 Å². The highest BCUT2D eigenvalue weighted by atomic mass is 32.2. The highest BCUT2D eigenvalue weighted by molar-refractivity contribution is 7.91. The molecule has 2 aromatic rings. The van der Waals surface area contributed by atoms with E-state index in [9.17, 15) is 13.2 Å². The van der Waals surface area contributed by atoms with E-state index in [1.54, 1.807) is 38.1 Å². The van der Waals surface area contributed by atoms with Crippen LogP contribution in [-0.4, -0.2) is 27.3 Å². The van der Waals surface area contributed by atoms with Crippen molar-refractivity contribution in [2.45, 2.75) is 36.9 Å². The molecule has 6 nitrogen and oxygen atoms in total. The molecule has 1 aliphatic rings. The van der Waals surface area contributed by atoms with Crippen LogP contribution in [0.5, 0.6) is 11.5 Å². The number of benzene rings is 2. The van der Waals surface area contributed by atoms with Gasteiger partial charge in [-0.2, -0.15) is 0 Å². The predicted octanol–water partition coefficient (Wildman–Crippen LogP) is 2.80. The number of carbonyl (C=O) groups excluding carboxylic acids is 1. The lowest BCUT2D eigenvalue weighted by atomic mass is 10.2. The molecule has 0 N–H and O–H groups in total. The highest BCUT2D eigenvalue weighted by Crippen LogP contribution is 2.41. The van der Waals surface area contributed by atoms with Gasteiger partial charge in [-0.25, -0.2) is 13.2 Å². The lowest BCUT2D eigenvalue weighted by Crippen LogP contribution is -2.31. The molecule has 1 atom stereocenters. The zero-order valence-electron chi connectivity index (χ0n) is 14.1. The number of hydrogen-bond donors (Lipinski definition) is 0. The Morgan fingerprint density at radius 1 is 1.08 bits per heavy atom. The Morgan fingerprint density at radius 2 is 1.76 bits per heavy atom. The molecule has 0 aromatic heterocycles. The second-order valence-corrected chi connectivity index (χ2v) is 7.57. The summed E-state index contributed by atoms with van der Waals surface area (Å²) < 4.78 is 41.5. The SMILES string of the molecule is CCOC(=O)C1Oc2ccc(S(=O)(=O)c3ccc(C)cc3)c(C)c2O1. The van der Waals surface area contributed by atoms with Crippen LogP contribution in [0.25, 0.3) is 0 Å². The fraction of sp³-hybridized carbons (Fsp3) is 0.278. The van der Waals surface area contributed by atoms with Crippen LogP contribution >= 0.6 is 0 Å². The van der Waals surface area contributed by atoms with Crippen molar-refractivity contribution in [2.75, 3.05) is 6.61 Å². The molecule has 3 rings (SSSR count). The Labute approximate surface area is 146 Å². The van der Waals surface area contributed by atoms with Gasteiger partial charge in [0.2, 0.25) is 9.84 Å². The monoisotopic (exact) mass is 362 g/mol. The Morgan fingerprint density at radius 3 is 2.40 bits per heavy atom. The van der Waals surface area contributed by atoms with Gasteiger partial charge < -0.3 is 14.2 Å². The van der Waals surface area contributed by atoms with Crippen molar-refractivity contribution >= 4 is 15.8 Å². The molecule has 0 aliphatic carbocycles. The van der Waals surface area contributed by atoms with Crippen LogP contribution in [0.4, 0.5) is 0 Å². The zero-order valence-corrected chi connectivity index (χ0v) is 14.9. The molecule has 1 aliphatic heterocycles. The molecule has 25 heavy (non-hydrogen) atoms. The maximum absolute atomic E-state index is 12.9. The molecule has 7 heteroatoms. The largest absolute Gasteiger partial charge is 0.460 e. The second kappa shape index (κ2) is 6.40. The first-order valence-electron chi connectivity index (χ1n) is 7.80. The Bertz CT molecular complexity index is 915. The maximum Gasteiger partial charge on any atom is 0.389 e. The lowest BCUT2D eigenvalue weighted by molar-refractivity contribution is -0.161. The van der Waals surface area contributed by atoms with Gasteiger partial charge in [-0.3, -0.25) is 0 Å². The summed E-state index contributed by atoms with van der Waals surface area (Å²) in [6.45, 7) is 5.39. The Hall–Kier alpha value is -2.54. The molecule has 1 heterocycles. The number of hydrogen-bond acceptors (Lipinski definition) is 6. The van der Waals surface area contributed by atoms with E-state index in [1.807, 2.05) is 6.92 Å². The number of ether oxygens (including phenoxy) is 3. The first-order chi connectivity index (χ1) is 11.8.